The fourth-order valence-electron chi connectivity index (χ4n) is 3.07. The molecule has 0 radical (unpaired) electrons. The van der Waals surface area contributed by atoms with Crippen LogP contribution in [0.5, 0.6) is 0 Å². The minimum atomic E-state index is -3.92. The van der Waals surface area contributed by atoms with E-state index in [1.54, 1.807) is 0 Å². The van der Waals surface area contributed by atoms with E-state index >= 15 is 0 Å². The summed E-state index contributed by atoms with van der Waals surface area (Å²) in [7, 11) is -3.92. The molecule has 0 fully saturated rings. The molecule has 31 heavy (non-hydrogen) atoms. The summed E-state index contributed by atoms with van der Waals surface area (Å²) in [4.78, 5) is 16.3. The first-order valence-corrected chi connectivity index (χ1v) is 12.3. The van der Waals surface area contributed by atoms with Crippen LogP contribution in [0.2, 0.25) is 0 Å². The molecule has 0 aliphatic rings. The molecule has 0 amide bonds. The van der Waals surface area contributed by atoms with E-state index in [2.05, 4.69) is 4.98 Å². The van der Waals surface area contributed by atoms with Crippen molar-refractivity contribution in [1.82, 2.24) is 4.98 Å². The van der Waals surface area contributed by atoms with Crippen molar-refractivity contribution in [1.29, 1.82) is 0 Å². The lowest BCUT2D eigenvalue weighted by atomic mass is 10.1. The highest BCUT2D eigenvalue weighted by Gasteiger charge is 2.58. The first kappa shape index (κ1) is 25.5. The van der Waals surface area contributed by atoms with E-state index in [9.17, 15) is 4.79 Å². The van der Waals surface area contributed by atoms with Gasteiger partial charge in [0.25, 0.3) is 0 Å². The van der Waals surface area contributed by atoms with Crippen molar-refractivity contribution in [3.05, 3.63) is 36.0 Å². The second-order valence-corrected chi connectivity index (χ2v) is 12.6. The van der Waals surface area contributed by atoms with Crippen molar-refractivity contribution in [3.8, 4) is 0 Å². The average Bonchev–Trinajstić information content (AvgIpc) is 2.92. The first-order chi connectivity index (χ1) is 14.0. The van der Waals surface area contributed by atoms with Gasteiger partial charge >= 0.3 is 15.0 Å². The maximum atomic E-state index is 13.1. The summed E-state index contributed by atoms with van der Waals surface area (Å²) in [6.45, 7) is 16.8. The highest BCUT2D eigenvalue weighted by atomic mass is 28.4. The van der Waals surface area contributed by atoms with Gasteiger partial charge in [-0.05, 0) is 73.9 Å². The number of fused-ring (bicyclic) bond motifs is 1. The van der Waals surface area contributed by atoms with E-state index in [1.165, 1.54) is 0 Å². The Bertz CT molecular complexity index is 849. The lowest BCUT2D eigenvalue weighted by Crippen LogP contribution is -2.61. The van der Waals surface area contributed by atoms with E-state index < -0.39 is 37.9 Å². The van der Waals surface area contributed by atoms with Gasteiger partial charge in [0.2, 0.25) is 0 Å². The van der Waals surface area contributed by atoms with E-state index in [4.69, 9.17) is 23.4 Å². The van der Waals surface area contributed by atoms with Crippen LogP contribution < -0.4 is 5.73 Å². The van der Waals surface area contributed by atoms with Gasteiger partial charge in [0.15, 0.2) is 0 Å². The quantitative estimate of drug-likeness (QED) is 0.605. The molecule has 8 heteroatoms. The van der Waals surface area contributed by atoms with Crippen LogP contribution in [0, 0.1) is 0 Å². The average molecular weight is 451 g/mol. The second kappa shape index (κ2) is 9.03. The van der Waals surface area contributed by atoms with Gasteiger partial charge in [-0.3, -0.25) is 4.79 Å². The molecule has 3 N–H and O–H groups in total. The Morgan fingerprint density at radius 3 is 1.90 bits per heavy atom. The SMILES string of the molecule is CC(C)(C)O[Si](OC(=O)[C@@H](N)Cc1c[nH]c2ccccc12)(OC(C)(C)C)OC(C)(C)C. The lowest BCUT2D eigenvalue weighted by Gasteiger charge is -2.40. The minimum Gasteiger partial charge on any atom is -0.451 e. The molecule has 0 aliphatic carbocycles. The number of para-hydroxylation sites is 1. The third-order valence-electron chi connectivity index (χ3n) is 3.94. The molecule has 7 nitrogen and oxygen atoms in total. The number of benzene rings is 1. The molecule has 1 atom stereocenters. The lowest BCUT2D eigenvalue weighted by molar-refractivity contribution is -0.163. The molecule has 1 aromatic carbocycles. The predicted octanol–water partition coefficient (Wildman–Crippen LogP) is 4.46. The summed E-state index contributed by atoms with van der Waals surface area (Å²) in [5.74, 6) is -0.616. The standard InChI is InChI=1S/C23H38N2O5Si/c1-21(2,3)28-31(29-22(4,5)6,30-23(7,8)9)27-20(26)18(24)14-16-15-25-19-13-11-10-12-17(16)19/h10-13,15,18,25H,14,24H2,1-9H3/t18-/m0/s1. The Balaban J connectivity index is 2.30. The number of hydrogen-bond acceptors (Lipinski definition) is 6. The molecular formula is C23H38N2O5Si. The van der Waals surface area contributed by atoms with Crippen LogP contribution in [0.1, 0.15) is 67.9 Å². The minimum absolute atomic E-state index is 0.313. The number of nitrogens with one attached hydrogen (secondary N) is 1. The topological polar surface area (TPSA) is 95.8 Å². The molecule has 0 bridgehead atoms. The molecule has 1 aromatic heterocycles. The van der Waals surface area contributed by atoms with Crippen LogP contribution in [-0.4, -0.2) is 42.8 Å². The Morgan fingerprint density at radius 2 is 1.42 bits per heavy atom. The molecule has 1 heterocycles. The Kier molecular flexibility index (Phi) is 7.44. The first-order valence-electron chi connectivity index (χ1n) is 10.6. The van der Waals surface area contributed by atoms with Crippen LogP contribution >= 0.6 is 0 Å². The van der Waals surface area contributed by atoms with Crippen molar-refractivity contribution in [2.24, 2.45) is 5.73 Å². The fourth-order valence-corrected chi connectivity index (χ4v) is 5.97. The zero-order valence-electron chi connectivity index (χ0n) is 20.3. The number of aromatic amines is 1. The van der Waals surface area contributed by atoms with Crippen LogP contribution in [0.4, 0.5) is 0 Å². The predicted molar refractivity (Wildman–Crippen MR) is 124 cm³/mol. The van der Waals surface area contributed by atoms with E-state index in [0.717, 1.165) is 16.5 Å². The molecular weight excluding hydrogens is 412 g/mol. The molecule has 0 saturated carbocycles. The highest BCUT2D eigenvalue weighted by Crippen LogP contribution is 2.30. The van der Waals surface area contributed by atoms with E-state index in [-0.39, 0.29) is 0 Å². The van der Waals surface area contributed by atoms with Crippen molar-refractivity contribution in [2.45, 2.75) is 91.6 Å². The van der Waals surface area contributed by atoms with Gasteiger partial charge < -0.3 is 28.4 Å². The van der Waals surface area contributed by atoms with Crippen molar-refractivity contribution < 1.29 is 22.5 Å². The third kappa shape index (κ3) is 8.05. The second-order valence-electron chi connectivity index (χ2n) is 10.7. The fraction of sp³-hybridized carbons (Fsp3) is 0.609. The summed E-state index contributed by atoms with van der Waals surface area (Å²) < 4.78 is 24.5. The van der Waals surface area contributed by atoms with Crippen LogP contribution in [0.25, 0.3) is 10.9 Å². The number of nitrogens with two attached hydrogens (primary N) is 1. The van der Waals surface area contributed by atoms with Gasteiger partial charge in [-0.25, -0.2) is 0 Å². The molecule has 0 spiro atoms. The number of carbonyl (C=O) groups is 1. The maximum Gasteiger partial charge on any atom is 0.752 e. The van der Waals surface area contributed by atoms with Crippen molar-refractivity contribution in [3.63, 3.8) is 0 Å². The van der Waals surface area contributed by atoms with Crippen LogP contribution in [0.15, 0.2) is 30.5 Å². The molecule has 0 unspecified atom stereocenters. The van der Waals surface area contributed by atoms with Gasteiger partial charge in [0, 0.05) is 23.5 Å². The Hall–Kier alpha value is -1.71. The summed E-state index contributed by atoms with van der Waals surface area (Å²) in [6, 6.07) is 6.97. The monoisotopic (exact) mass is 450 g/mol. The van der Waals surface area contributed by atoms with E-state index in [0.29, 0.717) is 6.42 Å². The molecule has 174 valence electrons. The van der Waals surface area contributed by atoms with Gasteiger partial charge in [0.1, 0.15) is 6.04 Å². The Labute approximate surface area is 187 Å². The number of hydrogen-bond donors (Lipinski definition) is 2. The maximum absolute atomic E-state index is 13.1. The highest BCUT2D eigenvalue weighted by molar-refractivity contribution is 6.56. The van der Waals surface area contributed by atoms with Gasteiger partial charge in [0.05, 0.1) is 16.8 Å². The van der Waals surface area contributed by atoms with E-state index in [1.807, 2.05) is 92.8 Å². The van der Waals surface area contributed by atoms with Gasteiger partial charge in [-0.15, -0.1) is 0 Å². The molecule has 2 rings (SSSR count). The molecule has 0 saturated heterocycles. The Morgan fingerprint density at radius 1 is 0.935 bits per heavy atom. The number of aromatic nitrogens is 1. The van der Waals surface area contributed by atoms with Crippen molar-refractivity contribution >= 4 is 25.9 Å². The van der Waals surface area contributed by atoms with Crippen molar-refractivity contribution in [2.75, 3.05) is 0 Å². The largest absolute Gasteiger partial charge is 0.752 e. The molecule has 0 aliphatic heterocycles. The zero-order chi connectivity index (χ0) is 23.7. The number of carbonyl (C=O) groups excluding carboxylic acids is 1. The number of H-pyrrole nitrogens is 1. The summed E-state index contributed by atoms with van der Waals surface area (Å²) >= 11 is 0. The summed E-state index contributed by atoms with van der Waals surface area (Å²) in [5, 5.41) is 1.03. The summed E-state index contributed by atoms with van der Waals surface area (Å²) in [5.41, 5.74) is 6.21. The smallest absolute Gasteiger partial charge is 0.451 e. The van der Waals surface area contributed by atoms with Gasteiger partial charge in [-0.1, -0.05) is 18.2 Å². The third-order valence-corrected chi connectivity index (χ3v) is 6.97. The van der Waals surface area contributed by atoms with Crippen LogP contribution in [-0.2, 0) is 28.9 Å². The normalized spacial score (nSPS) is 14.6. The van der Waals surface area contributed by atoms with Gasteiger partial charge in [-0.2, -0.15) is 0 Å². The van der Waals surface area contributed by atoms with Crippen LogP contribution in [0.3, 0.4) is 0 Å². The summed E-state index contributed by atoms with van der Waals surface area (Å²) in [6.07, 6.45) is 2.18. The number of rotatable bonds is 7. The molecule has 2 aromatic rings. The zero-order valence-corrected chi connectivity index (χ0v) is 21.3.